The molecular weight excluding hydrogens is 138 g/mol. The van der Waals surface area contributed by atoms with Gasteiger partial charge in [-0.2, -0.15) is 0 Å². The van der Waals surface area contributed by atoms with Crippen molar-refractivity contribution in [3.8, 4) is 0 Å². The van der Waals surface area contributed by atoms with E-state index in [1.54, 1.807) is 0 Å². The van der Waals surface area contributed by atoms with Crippen molar-refractivity contribution in [2.75, 3.05) is 0 Å². The van der Waals surface area contributed by atoms with Crippen molar-refractivity contribution < 1.29 is 5.11 Å². The number of aliphatic hydroxyl groups is 1. The van der Waals surface area contributed by atoms with E-state index in [1.807, 2.05) is 6.92 Å². The lowest BCUT2D eigenvalue weighted by Gasteiger charge is -2.37. The van der Waals surface area contributed by atoms with Gasteiger partial charge >= 0.3 is 0 Å². The minimum Gasteiger partial charge on any atom is -0.391 e. The summed E-state index contributed by atoms with van der Waals surface area (Å²) in [5.74, 6) is 0. The van der Waals surface area contributed by atoms with Gasteiger partial charge in [-0.05, 0) is 19.3 Å². The second-order valence-electron chi connectivity index (χ2n) is 3.72. The molecule has 1 aliphatic rings. The Balaban J connectivity index is 2.49. The topological polar surface area (TPSA) is 46.2 Å². The van der Waals surface area contributed by atoms with Crippen molar-refractivity contribution in [2.24, 2.45) is 5.73 Å². The van der Waals surface area contributed by atoms with Gasteiger partial charge in [0.25, 0.3) is 0 Å². The maximum Gasteiger partial charge on any atom is 0.0717 e. The highest BCUT2D eigenvalue weighted by Gasteiger charge is 2.33. The minimum atomic E-state index is -0.289. The monoisotopic (exact) mass is 157 g/mol. The summed E-state index contributed by atoms with van der Waals surface area (Å²) in [5.41, 5.74) is 5.81. The molecule has 2 nitrogen and oxygen atoms in total. The third kappa shape index (κ3) is 1.94. The third-order valence-corrected chi connectivity index (χ3v) is 2.83. The summed E-state index contributed by atoms with van der Waals surface area (Å²) < 4.78 is 0. The SMILES string of the molecule is CCC(O)C1(N)CCCCC1. The molecule has 1 aliphatic carbocycles. The fourth-order valence-electron chi connectivity index (χ4n) is 1.95. The van der Waals surface area contributed by atoms with E-state index in [0.717, 1.165) is 19.3 Å². The van der Waals surface area contributed by atoms with Crippen molar-refractivity contribution in [3.63, 3.8) is 0 Å². The van der Waals surface area contributed by atoms with E-state index in [0.29, 0.717) is 0 Å². The zero-order valence-electron chi connectivity index (χ0n) is 7.34. The molecule has 66 valence electrons. The first-order chi connectivity index (χ1) is 5.19. The molecule has 0 heterocycles. The second kappa shape index (κ2) is 3.55. The highest BCUT2D eigenvalue weighted by molar-refractivity contribution is 4.92. The van der Waals surface area contributed by atoms with Crippen molar-refractivity contribution >= 4 is 0 Å². The Morgan fingerprint density at radius 1 is 1.36 bits per heavy atom. The van der Waals surface area contributed by atoms with Crippen molar-refractivity contribution in [1.82, 2.24) is 0 Å². The minimum absolute atomic E-state index is 0.257. The highest BCUT2D eigenvalue weighted by Crippen LogP contribution is 2.29. The van der Waals surface area contributed by atoms with E-state index in [2.05, 4.69) is 0 Å². The molecule has 1 saturated carbocycles. The van der Waals surface area contributed by atoms with Crippen molar-refractivity contribution in [1.29, 1.82) is 0 Å². The van der Waals surface area contributed by atoms with Crippen LogP contribution in [0.4, 0.5) is 0 Å². The Morgan fingerprint density at radius 2 is 1.91 bits per heavy atom. The quantitative estimate of drug-likeness (QED) is 0.636. The van der Waals surface area contributed by atoms with E-state index in [4.69, 9.17) is 5.73 Å². The lowest BCUT2D eigenvalue weighted by molar-refractivity contribution is 0.0564. The molecular formula is C9H19NO. The molecule has 1 rings (SSSR count). The van der Waals surface area contributed by atoms with Crippen LogP contribution >= 0.6 is 0 Å². The summed E-state index contributed by atoms with van der Waals surface area (Å²) in [6, 6.07) is 0. The van der Waals surface area contributed by atoms with Crippen LogP contribution in [0.3, 0.4) is 0 Å². The molecule has 0 aromatic carbocycles. The van der Waals surface area contributed by atoms with Crippen LogP contribution in [0.1, 0.15) is 45.4 Å². The number of rotatable bonds is 2. The first kappa shape index (κ1) is 9.01. The van der Waals surface area contributed by atoms with Gasteiger partial charge in [0.15, 0.2) is 0 Å². The number of hydrogen-bond donors (Lipinski definition) is 2. The molecule has 0 aromatic heterocycles. The average molecular weight is 157 g/mol. The first-order valence-corrected chi connectivity index (χ1v) is 4.66. The Morgan fingerprint density at radius 3 is 2.36 bits per heavy atom. The smallest absolute Gasteiger partial charge is 0.0717 e. The summed E-state index contributed by atoms with van der Waals surface area (Å²) in [6.07, 6.45) is 6.17. The molecule has 0 aromatic rings. The van der Waals surface area contributed by atoms with Crippen LogP contribution < -0.4 is 5.73 Å². The van der Waals surface area contributed by atoms with Gasteiger partial charge in [0, 0.05) is 5.54 Å². The molecule has 0 spiro atoms. The highest BCUT2D eigenvalue weighted by atomic mass is 16.3. The molecule has 1 unspecified atom stereocenters. The Labute approximate surface area is 68.8 Å². The normalized spacial score (nSPS) is 26.5. The van der Waals surface area contributed by atoms with Crippen LogP contribution in [0.25, 0.3) is 0 Å². The molecule has 0 aliphatic heterocycles. The Kier molecular flexibility index (Phi) is 2.90. The molecule has 0 saturated heterocycles. The first-order valence-electron chi connectivity index (χ1n) is 4.66. The lowest BCUT2D eigenvalue weighted by Crippen LogP contribution is -2.51. The zero-order chi connectivity index (χ0) is 8.32. The second-order valence-corrected chi connectivity index (χ2v) is 3.72. The van der Waals surface area contributed by atoms with E-state index >= 15 is 0 Å². The summed E-state index contributed by atoms with van der Waals surface area (Å²) in [7, 11) is 0. The van der Waals surface area contributed by atoms with Gasteiger partial charge in [0.1, 0.15) is 0 Å². The van der Waals surface area contributed by atoms with Crippen LogP contribution in [-0.2, 0) is 0 Å². The molecule has 0 bridgehead atoms. The zero-order valence-corrected chi connectivity index (χ0v) is 7.34. The lowest BCUT2D eigenvalue weighted by atomic mass is 9.78. The van der Waals surface area contributed by atoms with Gasteiger partial charge in [-0.25, -0.2) is 0 Å². The van der Waals surface area contributed by atoms with Gasteiger partial charge in [-0.15, -0.1) is 0 Å². The predicted molar refractivity (Wildman–Crippen MR) is 46.3 cm³/mol. The molecule has 1 atom stereocenters. The number of nitrogens with two attached hydrogens (primary N) is 1. The van der Waals surface area contributed by atoms with E-state index in [-0.39, 0.29) is 11.6 Å². The predicted octanol–water partition coefficient (Wildman–Crippen LogP) is 1.42. The number of hydrogen-bond acceptors (Lipinski definition) is 2. The van der Waals surface area contributed by atoms with Gasteiger partial charge in [-0.1, -0.05) is 26.2 Å². The van der Waals surface area contributed by atoms with Gasteiger partial charge in [0.2, 0.25) is 0 Å². The number of aliphatic hydroxyl groups excluding tert-OH is 1. The van der Waals surface area contributed by atoms with E-state index in [9.17, 15) is 5.11 Å². The van der Waals surface area contributed by atoms with E-state index in [1.165, 1.54) is 19.3 Å². The standard InChI is InChI=1S/C9H19NO/c1-2-8(11)9(10)6-4-3-5-7-9/h8,11H,2-7,10H2,1H3. The largest absolute Gasteiger partial charge is 0.391 e. The van der Waals surface area contributed by atoms with Crippen LogP contribution in [0.2, 0.25) is 0 Å². The Bertz CT molecular complexity index is 119. The summed E-state index contributed by atoms with van der Waals surface area (Å²) >= 11 is 0. The van der Waals surface area contributed by atoms with Gasteiger partial charge in [0.05, 0.1) is 6.10 Å². The molecule has 11 heavy (non-hydrogen) atoms. The van der Waals surface area contributed by atoms with Crippen LogP contribution in [0.15, 0.2) is 0 Å². The van der Waals surface area contributed by atoms with Gasteiger partial charge < -0.3 is 10.8 Å². The van der Waals surface area contributed by atoms with Crippen LogP contribution in [0.5, 0.6) is 0 Å². The van der Waals surface area contributed by atoms with Crippen LogP contribution in [-0.4, -0.2) is 16.7 Å². The molecule has 0 amide bonds. The molecule has 1 fully saturated rings. The maximum absolute atomic E-state index is 9.62. The van der Waals surface area contributed by atoms with Crippen molar-refractivity contribution in [3.05, 3.63) is 0 Å². The van der Waals surface area contributed by atoms with Crippen LogP contribution in [0, 0.1) is 0 Å². The third-order valence-electron chi connectivity index (χ3n) is 2.83. The van der Waals surface area contributed by atoms with E-state index < -0.39 is 0 Å². The maximum atomic E-state index is 9.62. The average Bonchev–Trinajstić information content (AvgIpc) is 2.04. The Hall–Kier alpha value is -0.0800. The molecule has 3 N–H and O–H groups in total. The van der Waals surface area contributed by atoms with Crippen molar-refractivity contribution in [2.45, 2.75) is 57.1 Å². The summed E-state index contributed by atoms with van der Waals surface area (Å²) in [4.78, 5) is 0. The fraction of sp³-hybridized carbons (Fsp3) is 1.00. The fourth-order valence-corrected chi connectivity index (χ4v) is 1.95. The summed E-state index contributed by atoms with van der Waals surface area (Å²) in [5, 5.41) is 9.62. The molecule has 0 radical (unpaired) electrons. The summed E-state index contributed by atoms with van der Waals surface area (Å²) in [6.45, 7) is 1.99. The van der Waals surface area contributed by atoms with Gasteiger partial charge in [-0.3, -0.25) is 0 Å². The molecule has 2 heteroatoms.